The molecule has 4 heteroatoms. The Hall–Kier alpha value is -1.55. The molecule has 0 bridgehead atoms. The third-order valence-corrected chi connectivity index (χ3v) is 3.84. The summed E-state index contributed by atoms with van der Waals surface area (Å²) < 4.78 is 25.8. The SMILES string of the molecule is Cc1cc(C)c(C(=O)Cc2ccc(F)c(F)c2)s1. The van der Waals surface area contributed by atoms with Gasteiger partial charge in [0.05, 0.1) is 4.88 Å². The van der Waals surface area contributed by atoms with Gasteiger partial charge in [-0.3, -0.25) is 4.79 Å². The summed E-state index contributed by atoms with van der Waals surface area (Å²) in [6.45, 7) is 3.81. The molecule has 0 atom stereocenters. The highest BCUT2D eigenvalue weighted by Crippen LogP contribution is 2.23. The number of hydrogen-bond donors (Lipinski definition) is 0. The lowest BCUT2D eigenvalue weighted by molar-refractivity contribution is 0.0996. The predicted molar refractivity (Wildman–Crippen MR) is 68.2 cm³/mol. The summed E-state index contributed by atoms with van der Waals surface area (Å²) in [7, 11) is 0. The van der Waals surface area contributed by atoms with Crippen LogP contribution in [-0.2, 0) is 6.42 Å². The summed E-state index contributed by atoms with van der Waals surface area (Å²) in [5.74, 6) is -1.87. The van der Waals surface area contributed by atoms with Crippen molar-refractivity contribution in [1.29, 1.82) is 0 Å². The lowest BCUT2D eigenvalue weighted by Crippen LogP contribution is -2.03. The first kappa shape index (κ1) is 12.9. The van der Waals surface area contributed by atoms with Crippen LogP contribution in [0.25, 0.3) is 0 Å². The van der Waals surface area contributed by atoms with Gasteiger partial charge < -0.3 is 0 Å². The van der Waals surface area contributed by atoms with Gasteiger partial charge in [-0.1, -0.05) is 6.07 Å². The van der Waals surface area contributed by atoms with Crippen molar-refractivity contribution in [3.05, 3.63) is 56.8 Å². The molecule has 0 amide bonds. The summed E-state index contributed by atoms with van der Waals surface area (Å²) in [6.07, 6.45) is 0.0952. The monoisotopic (exact) mass is 266 g/mol. The Morgan fingerprint density at radius 2 is 1.89 bits per heavy atom. The van der Waals surface area contributed by atoms with Gasteiger partial charge in [0.25, 0.3) is 0 Å². The van der Waals surface area contributed by atoms with E-state index in [0.717, 1.165) is 22.6 Å². The maximum atomic E-state index is 13.0. The number of thiophene rings is 1. The van der Waals surface area contributed by atoms with E-state index in [-0.39, 0.29) is 12.2 Å². The molecule has 0 aliphatic carbocycles. The molecule has 0 unspecified atom stereocenters. The van der Waals surface area contributed by atoms with E-state index in [1.165, 1.54) is 17.4 Å². The van der Waals surface area contributed by atoms with Crippen LogP contribution in [-0.4, -0.2) is 5.78 Å². The lowest BCUT2D eigenvalue weighted by atomic mass is 10.1. The zero-order valence-electron chi connectivity index (χ0n) is 10.1. The highest BCUT2D eigenvalue weighted by atomic mass is 32.1. The second kappa shape index (κ2) is 4.98. The molecular formula is C14H12F2OS. The summed E-state index contributed by atoms with van der Waals surface area (Å²) in [4.78, 5) is 13.8. The first-order valence-electron chi connectivity index (χ1n) is 5.51. The molecule has 1 nitrogen and oxygen atoms in total. The second-order valence-electron chi connectivity index (χ2n) is 4.22. The Labute approximate surface area is 108 Å². The third-order valence-electron chi connectivity index (χ3n) is 2.64. The van der Waals surface area contributed by atoms with E-state index in [1.807, 2.05) is 19.9 Å². The van der Waals surface area contributed by atoms with Crippen molar-refractivity contribution in [2.75, 3.05) is 0 Å². The molecule has 0 saturated heterocycles. The Kier molecular flexibility index (Phi) is 3.57. The predicted octanol–water partition coefficient (Wildman–Crippen LogP) is 4.07. The molecule has 18 heavy (non-hydrogen) atoms. The minimum atomic E-state index is -0.917. The molecule has 0 N–H and O–H groups in total. The Morgan fingerprint density at radius 1 is 1.17 bits per heavy atom. The number of carbonyl (C=O) groups excluding carboxylic acids is 1. The van der Waals surface area contributed by atoms with Gasteiger partial charge in [0.2, 0.25) is 0 Å². The Bertz CT molecular complexity index is 602. The van der Waals surface area contributed by atoms with Gasteiger partial charge in [-0.15, -0.1) is 11.3 Å². The number of rotatable bonds is 3. The van der Waals surface area contributed by atoms with Crippen LogP contribution in [0.4, 0.5) is 8.78 Å². The fourth-order valence-electron chi connectivity index (χ4n) is 1.83. The third kappa shape index (κ3) is 2.64. The van der Waals surface area contributed by atoms with Gasteiger partial charge >= 0.3 is 0 Å². The van der Waals surface area contributed by atoms with Crippen LogP contribution in [0.5, 0.6) is 0 Å². The quantitative estimate of drug-likeness (QED) is 0.765. The molecule has 1 aromatic carbocycles. The van der Waals surface area contributed by atoms with E-state index < -0.39 is 11.6 Å². The van der Waals surface area contributed by atoms with Crippen LogP contribution < -0.4 is 0 Å². The van der Waals surface area contributed by atoms with E-state index in [0.29, 0.717) is 10.4 Å². The molecule has 1 heterocycles. The van der Waals surface area contributed by atoms with Crippen molar-refractivity contribution in [2.24, 2.45) is 0 Å². The number of benzene rings is 1. The highest BCUT2D eigenvalue weighted by molar-refractivity contribution is 7.14. The summed E-state index contributed by atoms with van der Waals surface area (Å²) in [5.41, 5.74) is 1.43. The largest absolute Gasteiger partial charge is 0.293 e. The molecule has 2 aromatic rings. The number of carbonyl (C=O) groups is 1. The van der Waals surface area contributed by atoms with Gasteiger partial charge in [-0.05, 0) is 43.2 Å². The second-order valence-corrected chi connectivity index (χ2v) is 5.47. The first-order chi connectivity index (χ1) is 8.47. The van der Waals surface area contributed by atoms with E-state index in [2.05, 4.69) is 0 Å². The topological polar surface area (TPSA) is 17.1 Å². The standard InChI is InChI=1S/C14H12F2OS/c1-8-5-9(2)18-14(8)13(17)7-10-3-4-11(15)12(16)6-10/h3-6H,7H2,1-2H3. The first-order valence-corrected chi connectivity index (χ1v) is 6.33. The molecule has 0 fully saturated rings. The zero-order valence-corrected chi connectivity index (χ0v) is 10.9. The number of aryl methyl sites for hydroxylation is 2. The number of ketones is 1. The van der Waals surface area contributed by atoms with Crippen molar-refractivity contribution in [2.45, 2.75) is 20.3 Å². The fraction of sp³-hybridized carbons (Fsp3) is 0.214. The molecule has 0 saturated carbocycles. The molecule has 0 aliphatic rings. The summed E-state index contributed by atoms with van der Waals surface area (Å²) >= 11 is 1.43. The maximum absolute atomic E-state index is 13.0. The van der Waals surface area contributed by atoms with Crippen LogP contribution in [0.3, 0.4) is 0 Å². The van der Waals surface area contributed by atoms with Crippen molar-refractivity contribution >= 4 is 17.1 Å². The van der Waals surface area contributed by atoms with Gasteiger partial charge in [0, 0.05) is 11.3 Å². The van der Waals surface area contributed by atoms with Crippen LogP contribution >= 0.6 is 11.3 Å². The van der Waals surface area contributed by atoms with Gasteiger partial charge in [-0.25, -0.2) is 8.78 Å². The molecule has 0 spiro atoms. The van der Waals surface area contributed by atoms with Crippen molar-refractivity contribution in [1.82, 2.24) is 0 Å². The van der Waals surface area contributed by atoms with Crippen LogP contribution in [0.1, 0.15) is 25.7 Å². The normalized spacial score (nSPS) is 10.7. The molecule has 0 radical (unpaired) electrons. The van der Waals surface area contributed by atoms with Gasteiger partial charge in [0.15, 0.2) is 17.4 Å². The highest BCUT2D eigenvalue weighted by Gasteiger charge is 2.14. The average Bonchev–Trinajstić information content (AvgIpc) is 2.63. The Balaban J connectivity index is 2.21. The molecule has 1 aromatic heterocycles. The number of hydrogen-bond acceptors (Lipinski definition) is 2. The van der Waals surface area contributed by atoms with E-state index in [4.69, 9.17) is 0 Å². The van der Waals surface area contributed by atoms with Crippen LogP contribution in [0.15, 0.2) is 24.3 Å². The minimum Gasteiger partial charge on any atom is -0.293 e. The molecule has 2 rings (SSSR count). The van der Waals surface area contributed by atoms with Gasteiger partial charge in [0.1, 0.15) is 0 Å². The zero-order chi connectivity index (χ0) is 13.3. The van der Waals surface area contributed by atoms with Crippen LogP contribution in [0, 0.1) is 25.5 Å². The maximum Gasteiger partial charge on any atom is 0.177 e. The van der Waals surface area contributed by atoms with Gasteiger partial charge in [-0.2, -0.15) is 0 Å². The minimum absolute atomic E-state index is 0.0587. The lowest BCUT2D eigenvalue weighted by Gasteiger charge is -2.01. The van der Waals surface area contributed by atoms with Crippen molar-refractivity contribution < 1.29 is 13.6 Å². The van der Waals surface area contributed by atoms with Crippen molar-refractivity contribution in [3.8, 4) is 0 Å². The molecule has 0 aliphatic heterocycles. The van der Waals surface area contributed by atoms with Crippen LogP contribution in [0.2, 0.25) is 0 Å². The average molecular weight is 266 g/mol. The van der Waals surface area contributed by atoms with E-state index >= 15 is 0 Å². The van der Waals surface area contributed by atoms with E-state index in [1.54, 1.807) is 0 Å². The Morgan fingerprint density at radius 3 is 2.44 bits per heavy atom. The summed E-state index contributed by atoms with van der Waals surface area (Å²) in [5, 5.41) is 0. The molecular weight excluding hydrogens is 254 g/mol. The summed E-state index contributed by atoms with van der Waals surface area (Å²) in [6, 6.07) is 5.50. The van der Waals surface area contributed by atoms with Crippen molar-refractivity contribution in [3.63, 3.8) is 0 Å². The molecule has 94 valence electrons. The smallest absolute Gasteiger partial charge is 0.177 e. The van der Waals surface area contributed by atoms with E-state index in [9.17, 15) is 13.6 Å². The number of Topliss-reactive ketones (excluding diaryl/α,β-unsaturated/α-hetero) is 1. The fourth-order valence-corrected chi connectivity index (χ4v) is 2.80. The number of halogens is 2.